The molecule has 2 heteroatoms. The maximum absolute atomic E-state index is 6.07. The highest BCUT2D eigenvalue weighted by Gasteiger charge is 2.45. The van der Waals surface area contributed by atoms with E-state index in [0.29, 0.717) is 5.92 Å². The number of hydrogen-bond donors (Lipinski definition) is 1. The van der Waals surface area contributed by atoms with Gasteiger partial charge in [-0.3, -0.25) is 4.90 Å². The van der Waals surface area contributed by atoms with Crippen molar-refractivity contribution in [1.82, 2.24) is 4.90 Å². The van der Waals surface area contributed by atoms with Crippen molar-refractivity contribution in [2.75, 3.05) is 13.1 Å². The van der Waals surface area contributed by atoms with Crippen molar-refractivity contribution in [3.63, 3.8) is 0 Å². The predicted molar refractivity (Wildman–Crippen MR) is 69.4 cm³/mol. The number of nitrogens with zero attached hydrogens (tertiary/aromatic N) is 1. The van der Waals surface area contributed by atoms with Gasteiger partial charge in [0.25, 0.3) is 0 Å². The lowest BCUT2D eigenvalue weighted by Crippen LogP contribution is -2.57. The molecule has 1 aliphatic carbocycles. The predicted octanol–water partition coefficient (Wildman–Crippen LogP) is 2.62. The molecule has 0 aromatic carbocycles. The van der Waals surface area contributed by atoms with E-state index < -0.39 is 0 Å². The minimum absolute atomic E-state index is 0.219. The number of hydrogen-bond acceptors (Lipinski definition) is 2. The van der Waals surface area contributed by atoms with Gasteiger partial charge in [0.2, 0.25) is 0 Å². The number of fused-ring (bicyclic) bond motifs is 1. The Hall–Kier alpha value is -0.0800. The Kier molecular flexibility index (Phi) is 3.60. The first kappa shape index (κ1) is 12.4. The van der Waals surface area contributed by atoms with Crippen molar-refractivity contribution in [3.05, 3.63) is 0 Å². The summed E-state index contributed by atoms with van der Waals surface area (Å²) in [7, 11) is 0. The first-order chi connectivity index (χ1) is 7.59. The van der Waals surface area contributed by atoms with Gasteiger partial charge in [-0.05, 0) is 44.6 Å². The van der Waals surface area contributed by atoms with Crippen molar-refractivity contribution in [3.8, 4) is 0 Å². The van der Waals surface area contributed by atoms with E-state index in [1.165, 1.54) is 38.6 Å². The Balaban J connectivity index is 2.14. The Morgan fingerprint density at radius 3 is 2.56 bits per heavy atom. The Morgan fingerprint density at radius 2 is 1.94 bits per heavy atom. The van der Waals surface area contributed by atoms with E-state index >= 15 is 0 Å². The van der Waals surface area contributed by atoms with Crippen LogP contribution >= 0.6 is 0 Å². The molecule has 0 aromatic rings. The molecule has 2 fully saturated rings. The second kappa shape index (κ2) is 4.66. The van der Waals surface area contributed by atoms with E-state index in [1.807, 2.05) is 0 Å². The lowest BCUT2D eigenvalue weighted by molar-refractivity contribution is 0.0339. The third-order valence-electron chi connectivity index (χ3n) is 5.32. The van der Waals surface area contributed by atoms with Crippen LogP contribution in [0.1, 0.15) is 52.9 Å². The van der Waals surface area contributed by atoms with Gasteiger partial charge in [0, 0.05) is 18.1 Å². The van der Waals surface area contributed by atoms with E-state index in [0.717, 1.165) is 18.5 Å². The van der Waals surface area contributed by atoms with Gasteiger partial charge >= 0.3 is 0 Å². The van der Waals surface area contributed by atoms with E-state index in [-0.39, 0.29) is 5.54 Å². The second-order valence-corrected chi connectivity index (χ2v) is 6.31. The molecule has 3 atom stereocenters. The average molecular weight is 224 g/mol. The Bertz CT molecular complexity index is 239. The topological polar surface area (TPSA) is 29.3 Å². The van der Waals surface area contributed by atoms with E-state index in [4.69, 9.17) is 5.73 Å². The summed E-state index contributed by atoms with van der Waals surface area (Å²) in [5, 5.41) is 0. The van der Waals surface area contributed by atoms with Gasteiger partial charge in [-0.15, -0.1) is 0 Å². The molecule has 2 nitrogen and oxygen atoms in total. The van der Waals surface area contributed by atoms with Crippen molar-refractivity contribution < 1.29 is 0 Å². The van der Waals surface area contributed by atoms with Crippen LogP contribution in [-0.4, -0.2) is 29.6 Å². The average Bonchev–Trinajstić information content (AvgIpc) is 2.72. The zero-order valence-electron chi connectivity index (χ0n) is 11.2. The van der Waals surface area contributed by atoms with Crippen molar-refractivity contribution >= 4 is 0 Å². The molecular formula is C14H28N2. The van der Waals surface area contributed by atoms with E-state index in [9.17, 15) is 0 Å². The Morgan fingerprint density at radius 1 is 1.25 bits per heavy atom. The lowest BCUT2D eigenvalue weighted by Gasteiger charge is -2.46. The third-order valence-corrected chi connectivity index (χ3v) is 5.32. The molecule has 1 saturated heterocycles. The maximum atomic E-state index is 6.07. The largest absolute Gasteiger partial charge is 0.329 e. The highest BCUT2D eigenvalue weighted by molar-refractivity contribution is 5.00. The fourth-order valence-electron chi connectivity index (χ4n) is 3.72. The molecule has 0 bridgehead atoms. The lowest BCUT2D eigenvalue weighted by atomic mass is 9.81. The van der Waals surface area contributed by atoms with Gasteiger partial charge in [-0.1, -0.05) is 26.7 Å². The normalized spacial score (nSPS) is 35.1. The van der Waals surface area contributed by atoms with Crippen LogP contribution in [-0.2, 0) is 0 Å². The first-order valence-corrected chi connectivity index (χ1v) is 7.06. The molecule has 94 valence electrons. The SMILES string of the molecule is CC(C)C(C)(CN)N1CCC2CCCCC21. The molecule has 0 radical (unpaired) electrons. The van der Waals surface area contributed by atoms with Crippen molar-refractivity contribution in [2.24, 2.45) is 17.6 Å². The van der Waals surface area contributed by atoms with Crippen LogP contribution in [0.2, 0.25) is 0 Å². The molecular weight excluding hydrogens is 196 g/mol. The summed E-state index contributed by atoms with van der Waals surface area (Å²) < 4.78 is 0. The van der Waals surface area contributed by atoms with Crippen LogP contribution in [0.25, 0.3) is 0 Å². The van der Waals surface area contributed by atoms with Gasteiger partial charge in [0.05, 0.1) is 0 Å². The minimum Gasteiger partial charge on any atom is -0.329 e. The molecule has 2 N–H and O–H groups in total. The summed E-state index contributed by atoms with van der Waals surface area (Å²) in [6.45, 7) is 9.09. The molecule has 0 spiro atoms. The summed E-state index contributed by atoms with van der Waals surface area (Å²) in [6, 6.07) is 0.838. The molecule has 1 heterocycles. The summed E-state index contributed by atoms with van der Waals surface area (Å²) in [6.07, 6.45) is 7.16. The monoisotopic (exact) mass is 224 g/mol. The second-order valence-electron chi connectivity index (χ2n) is 6.31. The molecule has 1 aliphatic heterocycles. The van der Waals surface area contributed by atoms with Gasteiger partial charge in [0.1, 0.15) is 0 Å². The summed E-state index contributed by atoms with van der Waals surface area (Å²) in [5.74, 6) is 1.62. The quantitative estimate of drug-likeness (QED) is 0.798. The zero-order valence-corrected chi connectivity index (χ0v) is 11.2. The number of rotatable bonds is 3. The maximum Gasteiger partial charge on any atom is 0.0329 e. The van der Waals surface area contributed by atoms with Crippen LogP contribution in [0.3, 0.4) is 0 Å². The highest BCUT2D eigenvalue weighted by atomic mass is 15.3. The van der Waals surface area contributed by atoms with Crippen molar-refractivity contribution in [1.29, 1.82) is 0 Å². The van der Waals surface area contributed by atoms with Gasteiger partial charge in [0.15, 0.2) is 0 Å². The van der Waals surface area contributed by atoms with Gasteiger partial charge in [-0.25, -0.2) is 0 Å². The smallest absolute Gasteiger partial charge is 0.0329 e. The van der Waals surface area contributed by atoms with Crippen LogP contribution < -0.4 is 5.73 Å². The fraction of sp³-hybridized carbons (Fsp3) is 1.00. The number of nitrogens with two attached hydrogens (primary N) is 1. The van der Waals surface area contributed by atoms with Crippen LogP contribution in [0.5, 0.6) is 0 Å². The number of likely N-dealkylation sites (tertiary alicyclic amines) is 1. The van der Waals surface area contributed by atoms with Crippen LogP contribution in [0, 0.1) is 11.8 Å². The third kappa shape index (κ3) is 1.91. The molecule has 0 amide bonds. The standard InChI is InChI=1S/C14H28N2/c1-11(2)14(3,10-15)16-9-8-12-6-4-5-7-13(12)16/h11-13H,4-10,15H2,1-3H3. The first-order valence-electron chi connectivity index (χ1n) is 7.06. The molecule has 2 aliphatic rings. The minimum atomic E-state index is 0.219. The molecule has 2 rings (SSSR count). The zero-order chi connectivity index (χ0) is 11.8. The molecule has 16 heavy (non-hydrogen) atoms. The van der Waals surface area contributed by atoms with Crippen LogP contribution in [0.4, 0.5) is 0 Å². The summed E-state index contributed by atoms with van der Waals surface area (Å²) in [5.41, 5.74) is 6.29. The van der Waals surface area contributed by atoms with Crippen LogP contribution in [0.15, 0.2) is 0 Å². The summed E-state index contributed by atoms with van der Waals surface area (Å²) in [4.78, 5) is 2.75. The molecule has 0 aromatic heterocycles. The van der Waals surface area contributed by atoms with Gasteiger partial charge < -0.3 is 5.73 Å². The molecule has 3 unspecified atom stereocenters. The van der Waals surface area contributed by atoms with E-state index in [1.54, 1.807) is 0 Å². The Labute approximate surface area is 101 Å². The van der Waals surface area contributed by atoms with Crippen molar-refractivity contribution in [2.45, 2.75) is 64.5 Å². The van der Waals surface area contributed by atoms with Gasteiger partial charge in [-0.2, -0.15) is 0 Å². The fourth-order valence-corrected chi connectivity index (χ4v) is 3.72. The highest BCUT2D eigenvalue weighted by Crippen LogP contribution is 2.41. The van der Waals surface area contributed by atoms with E-state index in [2.05, 4.69) is 25.7 Å². The summed E-state index contributed by atoms with van der Waals surface area (Å²) >= 11 is 0. The molecule has 1 saturated carbocycles.